The van der Waals surface area contributed by atoms with Crippen LogP contribution in [0.2, 0.25) is 0 Å². The minimum absolute atomic E-state index is 0.0701. The molecule has 39 heavy (non-hydrogen) atoms. The van der Waals surface area contributed by atoms with Gasteiger partial charge in [0.05, 0.1) is 21.7 Å². The summed E-state index contributed by atoms with van der Waals surface area (Å²) in [7, 11) is 7.96. The van der Waals surface area contributed by atoms with Crippen LogP contribution in [-0.2, 0) is 9.59 Å². The number of para-hydroxylation sites is 1. The van der Waals surface area contributed by atoms with E-state index >= 15 is 0 Å². The Balaban J connectivity index is 1.35. The highest BCUT2D eigenvalue weighted by Crippen LogP contribution is 2.45. The maximum Gasteiger partial charge on any atom is 0.275 e. The molecule has 2 amide bonds. The fourth-order valence-electron chi connectivity index (χ4n) is 4.12. The second kappa shape index (κ2) is 11.5. The molecule has 1 fully saturated rings. The first-order chi connectivity index (χ1) is 18.8. The fourth-order valence-corrected chi connectivity index (χ4v) is 6.21. The zero-order chi connectivity index (χ0) is 27.5. The number of amides is 2. The number of thioether (sulfide) groups is 1. The van der Waals surface area contributed by atoms with E-state index in [0.717, 1.165) is 32.7 Å². The third-order valence-electron chi connectivity index (χ3n) is 6.25. The van der Waals surface area contributed by atoms with Crippen LogP contribution >= 0.6 is 23.1 Å². The summed E-state index contributed by atoms with van der Waals surface area (Å²) in [6.45, 7) is -0.0701. The molecule has 0 radical (unpaired) electrons. The van der Waals surface area contributed by atoms with E-state index in [0.29, 0.717) is 10.0 Å². The van der Waals surface area contributed by atoms with E-state index in [1.807, 2.05) is 117 Å². The average Bonchev–Trinajstić information content (AvgIpc) is 3.47. The predicted molar refractivity (Wildman–Crippen MR) is 163 cm³/mol. The van der Waals surface area contributed by atoms with E-state index in [1.54, 1.807) is 5.01 Å². The fraction of sp³-hybridized carbons (Fsp3) is 0.207. The van der Waals surface area contributed by atoms with Gasteiger partial charge < -0.3 is 15.1 Å². The molecule has 1 aliphatic heterocycles. The van der Waals surface area contributed by atoms with E-state index in [4.69, 9.17) is 0 Å². The van der Waals surface area contributed by atoms with Crippen molar-refractivity contribution in [2.24, 2.45) is 0 Å². The molecule has 5 rings (SSSR count). The summed E-state index contributed by atoms with van der Waals surface area (Å²) in [5.74, 6) is -0.448. The van der Waals surface area contributed by atoms with Crippen LogP contribution in [0, 0.1) is 0 Å². The normalized spacial score (nSPS) is 16.2. The van der Waals surface area contributed by atoms with E-state index in [1.165, 1.54) is 23.1 Å². The number of benzene rings is 3. The number of carbonyl (C=O) groups is 2. The number of carbonyl (C=O) groups excluding carboxylic acids is 2. The van der Waals surface area contributed by atoms with Crippen molar-refractivity contribution in [3.63, 3.8) is 0 Å². The van der Waals surface area contributed by atoms with Crippen molar-refractivity contribution in [3.05, 3.63) is 88.8 Å². The molecule has 8 nitrogen and oxygen atoms in total. The molecule has 3 aromatic carbocycles. The number of thiazole rings is 1. The van der Waals surface area contributed by atoms with E-state index in [2.05, 4.69) is 15.7 Å². The number of aromatic nitrogens is 1. The van der Waals surface area contributed by atoms with Crippen LogP contribution in [0.25, 0.3) is 16.3 Å². The summed E-state index contributed by atoms with van der Waals surface area (Å²) < 4.78 is 1.00. The lowest BCUT2D eigenvalue weighted by Crippen LogP contribution is -2.44. The highest BCUT2D eigenvalue weighted by Gasteiger charge is 2.37. The molecule has 1 unspecified atom stereocenters. The summed E-state index contributed by atoms with van der Waals surface area (Å²) in [6.07, 6.45) is 1.90. The van der Waals surface area contributed by atoms with Gasteiger partial charge in [-0.15, -0.1) is 0 Å². The molecule has 0 bridgehead atoms. The molecule has 4 aromatic rings. The summed E-state index contributed by atoms with van der Waals surface area (Å²) in [5, 5.41) is 4.60. The quantitative estimate of drug-likeness (QED) is 0.288. The van der Waals surface area contributed by atoms with Gasteiger partial charge in [-0.2, -0.15) is 0 Å². The lowest BCUT2D eigenvalue weighted by atomic mass is 10.1. The number of fused-ring (bicyclic) bond motifs is 1. The van der Waals surface area contributed by atoms with Gasteiger partial charge in [0.25, 0.3) is 5.91 Å². The minimum atomic E-state index is -0.323. The molecule has 0 saturated carbocycles. The Morgan fingerprint density at radius 1 is 0.949 bits per heavy atom. The zero-order valence-corrected chi connectivity index (χ0v) is 23.8. The second-order valence-corrected chi connectivity index (χ2v) is 11.6. The van der Waals surface area contributed by atoms with Gasteiger partial charge in [-0.25, -0.2) is 10.4 Å². The molecule has 2 heterocycles. The smallest absolute Gasteiger partial charge is 0.275 e. The monoisotopic (exact) mass is 558 g/mol. The molecule has 1 aromatic heterocycles. The third-order valence-corrected chi connectivity index (χ3v) is 8.46. The Bertz CT molecular complexity index is 1480. The van der Waals surface area contributed by atoms with Crippen molar-refractivity contribution >= 4 is 67.7 Å². The molecule has 0 aliphatic carbocycles. The Hall–Kier alpha value is -3.86. The number of hydrazine groups is 1. The molecule has 1 aliphatic rings. The summed E-state index contributed by atoms with van der Waals surface area (Å²) in [5.41, 5.74) is 7.98. The van der Waals surface area contributed by atoms with Gasteiger partial charge in [-0.1, -0.05) is 59.5 Å². The third kappa shape index (κ3) is 6.08. The Labute approximate surface area is 236 Å². The van der Waals surface area contributed by atoms with Gasteiger partial charge in [-0.3, -0.25) is 14.6 Å². The van der Waals surface area contributed by atoms with Crippen molar-refractivity contribution in [3.8, 4) is 0 Å². The lowest BCUT2D eigenvalue weighted by Gasteiger charge is -2.24. The number of hydrogen-bond acceptors (Lipinski definition) is 8. The summed E-state index contributed by atoms with van der Waals surface area (Å²) in [6, 6.07) is 23.9. The molecule has 0 spiro atoms. The molecule has 2 N–H and O–H groups in total. The molecule has 1 atom stereocenters. The Kier molecular flexibility index (Phi) is 7.87. The van der Waals surface area contributed by atoms with E-state index < -0.39 is 0 Å². The van der Waals surface area contributed by atoms with Crippen molar-refractivity contribution in [2.45, 2.75) is 5.37 Å². The van der Waals surface area contributed by atoms with E-state index in [-0.39, 0.29) is 23.7 Å². The topological polar surface area (TPSA) is 80.8 Å². The van der Waals surface area contributed by atoms with Crippen LogP contribution in [0.4, 0.5) is 16.5 Å². The number of rotatable bonds is 8. The number of anilines is 3. The Morgan fingerprint density at radius 2 is 1.59 bits per heavy atom. The van der Waals surface area contributed by atoms with Crippen LogP contribution in [0.5, 0.6) is 0 Å². The van der Waals surface area contributed by atoms with Crippen molar-refractivity contribution < 1.29 is 9.59 Å². The number of hydrogen-bond donors (Lipinski definition) is 2. The average molecular weight is 559 g/mol. The van der Waals surface area contributed by atoms with Crippen molar-refractivity contribution in [1.82, 2.24) is 15.4 Å². The van der Waals surface area contributed by atoms with Gasteiger partial charge in [0.15, 0.2) is 5.13 Å². The summed E-state index contributed by atoms with van der Waals surface area (Å²) >= 11 is 2.89. The molecule has 200 valence electrons. The van der Waals surface area contributed by atoms with Crippen LogP contribution in [0.15, 0.2) is 77.7 Å². The van der Waals surface area contributed by atoms with Crippen LogP contribution < -0.4 is 20.5 Å². The van der Waals surface area contributed by atoms with Gasteiger partial charge in [0.2, 0.25) is 5.91 Å². The highest BCUT2D eigenvalue weighted by molar-refractivity contribution is 8.04. The SMILES string of the molecule is CN(C)c1ccc(/C=C2\SC(c3ccc(N(C)C)cc3)N(NCC(=O)Nc3nc4ccccc4s3)C2=O)cc1. The van der Waals surface area contributed by atoms with Gasteiger partial charge in [-0.05, 0) is 53.6 Å². The van der Waals surface area contributed by atoms with E-state index in [9.17, 15) is 9.59 Å². The highest BCUT2D eigenvalue weighted by atomic mass is 32.2. The molecular formula is C29H30N6O2S2. The largest absolute Gasteiger partial charge is 0.378 e. The first-order valence-corrected chi connectivity index (χ1v) is 14.1. The lowest BCUT2D eigenvalue weighted by molar-refractivity contribution is -0.130. The zero-order valence-electron chi connectivity index (χ0n) is 22.2. The molecule has 10 heteroatoms. The molecule has 1 saturated heterocycles. The first-order valence-electron chi connectivity index (χ1n) is 12.4. The van der Waals surface area contributed by atoms with Gasteiger partial charge >= 0.3 is 0 Å². The van der Waals surface area contributed by atoms with Gasteiger partial charge in [0, 0.05) is 39.6 Å². The maximum absolute atomic E-state index is 13.5. The first kappa shape index (κ1) is 26.7. The van der Waals surface area contributed by atoms with Crippen molar-refractivity contribution in [2.75, 3.05) is 49.9 Å². The standard InChI is InChI=1S/C29H30N6O2S2/c1-33(2)21-13-9-19(10-14-21)17-25-27(37)35(28(38-25)20-11-15-22(16-12-20)34(3)4)30-18-26(36)32-29-31-23-7-5-6-8-24(23)39-29/h5-17,28,30H,18H2,1-4H3,(H,31,32,36)/b25-17-. The second-order valence-electron chi connectivity index (χ2n) is 9.50. The van der Waals surface area contributed by atoms with Crippen LogP contribution in [0.1, 0.15) is 16.5 Å². The summed E-state index contributed by atoms with van der Waals surface area (Å²) in [4.78, 5) is 35.5. The van der Waals surface area contributed by atoms with Crippen molar-refractivity contribution in [1.29, 1.82) is 0 Å². The Morgan fingerprint density at radius 3 is 2.23 bits per heavy atom. The minimum Gasteiger partial charge on any atom is -0.378 e. The predicted octanol–water partition coefficient (Wildman–Crippen LogP) is 5.19. The molecular weight excluding hydrogens is 528 g/mol. The van der Waals surface area contributed by atoms with Crippen LogP contribution in [0.3, 0.4) is 0 Å². The maximum atomic E-state index is 13.5. The number of nitrogens with zero attached hydrogens (tertiary/aromatic N) is 4. The number of nitrogens with one attached hydrogen (secondary N) is 2. The van der Waals surface area contributed by atoms with Crippen LogP contribution in [-0.4, -0.2) is 56.5 Å². The van der Waals surface area contributed by atoms with Gasteiger partial charge in [0.1, 0.15) is 5.37 Å².